The van der Waals surface area contributed by atoms with Gasteiger partial charge >= 0.3 is 0 Å². The number of amides is 3. The lowest BCUT2D eigenvalue weighted by molar-refractivity contribution is -0.140. The molecule has 12 nitrogen and oxygen atoms in total. The molecule has 0 radical (unpaired) electrons. The number of aryl methyl sites for hydroxylation is 2. The smallest absolute Gasteiger partial charge is 0.247 e. The summed E-state index contributed by atoms with van der Waals surface area (Å²) in [6.45, 7) is 3.53. The van der Waals surface area contributed by atoms with Crippen LogP contribution < -0.4 is 10.6 Å². The summed E-state index contributed by atoms with van der Waals surface area (Å²) in [5, 5.41) is 19.2. The second-order valence-electron chi connectivity index (χ2n) is 11.6. The summed E-state index contributed by atoms with van der Waals surface area (Å²) in [5.74, 6) is 0.125. The fraction of sp³-hybridized carbons (Fsp3) is 0.552. The minimum atomic E-state index is -0.622. The lowest BCUT2D eigenvalue weighted by Crippen LogP contribution is -2.48. The van der Waals surface area contributed by atoms with E-state index in [1.54, 1.807) is 23.6 Å². The molecular formula is C29H35N7O5. The van der Waals surface area contributed by atoms with Crippen LogP contribution in [0, 0.1) is 12.3 Å². The van der Waals surface area contributed by atoms with Gasteiger partial charge in [-0.15, -0.1) is 10.2 Å². The molecule has 2 aromatic heterocycles. The summed E-state index contributed by atoms with van der Waals surface area (Å²) in [6.07, 6.45) is 5.85. The van der Waals surface area contributed by atoms with Crippen LogP contribution in [0.3, 0.4) is 0 Å². The Bertz CT molecular complexity index is 1560. The molecule has 1 saturated heterocycles. The molecule has 3 aliphatic rings. The van der Waals surface area contributed by atoms with E-state index in [0.29, 0.717) is 48.5 Å². The van der Waals surface area contributed by atoms with Crippen molar-refractivity contribution >= 4 is 34.4 Å². The second kappa shape index (κ2) is 10.4. The molecule has 41 heavy (non-hydrogen) atoms. The molecule has 3 aromatic rings. The zero-order chi connectivity index (χ0) is 28.9. The summed E-state index contributed by atoms with van der Waals surface area (Å²) in [7, 11) is 1.57. The number of aromatic nitrogens is 4. The van der Waals surface area contributed by atoms with Crippen molar-refractivity contribution in [2.24, 2.45) is 5.41 Å². The molecular weight excluding hydrogens is 526 g/mol. The largest absolute Gasteiger partial charge is 0.421 e. The number of nitrogens with one attached hydrogen (secondary N) is 2. The van der Waals surface area contributed by atoms with Crippen LogP contribution >= 0.6 is 0 Å². The molecule has 4 heterocycles. The van der Waals surface area contributed by atoms with Gasteiger partial charge in [0.1, 0.15) is 18.3 Å². The van der Waals surface area contributed by atoms with Crippen molar-refractivity contribution in [1.82, 2.24) is 35.5 Å². The molecule has 2 fully saturated rings. The molecule has 2 bridgehead atoms. The van der Waals surface area contributed by atoms with Gasteiger partial charge < -0.3 is 20.0 Å². The van der Waals surface area contributed by atoms with Gasteiger partial charge in [-0.25, -0.2) is 0 Å². The average Bonchev–Trinajstić information content (AvgIpc) is 3.23. The third-order valence-electron chi connectivity index (χ3n) is 8.81. The first-order valence-electron chi connectivity index (χ1n) is 14.3. The van der Waals surface area contributed by atoms with Crippen molar-refractivity contribution < 1.29 is 23.6 Å². The second-order valence-corrected chi connectivity index (χ2v) is 11.6. The van der Waals surface area contributed by atoms with Crippen LogP contribution in [0.15, 0.2) is 16.5 Å². The molecule has 2 N–H and O–H groups in total. The predicted octanol–water partition coefficient (Wildman–Crippen LogP) is 2.33. The van der Waals surface area contributed by atoms with Gasteiger partial charge in [0, 0.05) is 56.3 Å². The molecule has 6 rings (SSSR count). The fourth-order valence-corrected chi connectivity index (χ4v) is 6.67. The first-order valence-corrected chi connectivity index (χ1v) is 14.3. The van der Waals surface area contributed by atoms with E-state index in [4.69, 9.17) is 4.42 Å². The fourth-order valence-electron chi connectivity index (χ4n) is 6.67. The van der Waals surface area contributed by atoms with Gasteiger partial charge in [0.25, 0.3) is 0 Å². The average molecular weight is 562 g/mol. The van der Waals surface area contributed by atoms with Crippen molar-refractivity contribution in [3.05, 3.63) is 29.3 Å². The molecule has 1 aromatic carbocycles. The maximum atomic E-state index is 13.9. The Balaban J connectivity index is 1.44. The van der Waals surface area contributed by atoms with Crippen molar-refractivity contribution in [2.45, 2.75) is 83.8 Å². The van der Waals surface area contributed by atoms with Crippen LogP contribution in [-0.2, 0) is 27.3 Å². The van der Waals surface area contributed by atoms with Crippen molar-refractivity contribution in [2.75, 3.05) is 13.6 Å². The van der Waals surface area contributed by atoms with Gasteiger partial charge in [0.05, 0.1) is 5.52 Å². The quantitative estimate of drug-likeness (QED) is 0.462. The first-order chi connectivity index (χ1) is 19.7. The monoisotopic (exact) mass is 561 g/mol. The van der Waals surface area contributed by atoms with E-state index < -0.39 is 6.04 Å². The number of hydrogen-bond acceptors (Lipinski definition) is 8. The highest BCUT2D eigenvalue weighted by molar-refractivity contribution is 6.07. The Morgan fingerprint density at radius 2 is 1.88 bits per heavy atom. The molecule has 1 saturated carbocycles. The van der Waals surface area contributed by atoms with Gasteiger partial charge in [-0.3, -0.25) is 23.9 Å². The topological polar surface area (TPSA) is 152 Å². The molecule has 2 aliphatic heterocycles. The number of piperidine rings is 1. The highest BCUT2D eigenvalue weighted by Crippen LogP contribution is 2.59. The number of nitrogens with zero attached hydrogens (tertiary/aromatic N) is 5. The Morgan fingerprint density at radius 3 is 2.59 bits per heavy atom. The summed E-state index contributed by atoms with van der Waals surface area (Å²) >= 11 is 0. The minimum absolute atomic E-state index is 0.0109. The van der Waals surface area contributed by atoms with Crippen molar-refractivity contribution in [3.63, 3.8) is 0 Å². The molecule has 0 unspecified atom stereocenters. The Hall–Kier alpha value is -4.09. The minimum Gasteiger partial charge on any atom is -0.421 e. The molecule has 3 amide bonds. The maximum absolute atomic E-state index is 13.9. The summed E-state index contributed by atoms with van der Waals surface area (Å²) in [6, 6.07) is 3.04. The third-order valence-corrected chi connectivity index (χ3v) is 8.81. The summed E-state index contributed by atoms with van der Waals surface area (Å²) in [5.41, 5.74) is 2.31. The predicted molar refractivity (Wildman–Crippen MR) is 148 cm³/mol. The maximum Gasteiger partial charge on any atom is 0.247 e. The van der Waals surface area contributed by atoms with Crippen LogP contribution in [0.2, 0.25) is 0 Å². The lowest BCUT2D eigenvalue weighted by atomic mass is 9.98. The van der Waals surface area contributed by atoms with E-state index in [-0.39, 0.29) is 47.2 Å². The number of rotatable bonds is 3. The number of Topliss-reactive ketones (excluding diaryl/α,β-unsaturated/α-hetero) is 1. The van der Waals surface area contributed by atoms with E-state index in [1.165, 1.54) is 6.92 Å². The van der Waals surface area contributed by atoms with Crippen LogP contribution in [0.4, 0.5) is 0 Å². The number of carbonyl (C=O) groups is 4. The number of carbonyl (C=O) groups excluding carboxylic acids is 4. The summed E-state index contributed by atoms with van der Waals surface area (Å²) in [4.78, 5) is 53.8. The van der Waals surface area contributed by atoms with E-state index in [1.807, 2.05) is 12.1 Å². The molecule has 1 aliphatic carbocycles. The van der Waals surface area contributed by atoms with Crippen LogP contribution in [0.1, 0.15) is 73.8 Å². The van der Waals surface area contributed by atoms with E-state index in [2.05, 4.69) is 25.9 Å². The first kappa shape index (κ1) is 27.1. The highest BCUT2D eigenvalue weighted by atomic mass is 16.4. The van der Waals surface area contributed by atoms with Gasteiger partial charge in [0.2, 0.25) is 29.5 Å². The van der Waals surface area contributed by atoms with Crippen LogP contribution in [0.25, 0.3) is 22.4 Å². The standard InChI is InChI=1S/C29H35N7O5/c1-16(37)25-20-11-19(28-33-32-17(2)41-28)10-18-8-6-4-5-7-9-23(38)31-15-29-12-21(27(40)30-3)36(22(29)13-29)24(39)14-35(34-25)26(18)20/h10-11,21-22H,4-9,12-15H2,1-3H3,(H,30,40)(H,31,38)/t21-,22+,29-/m0/s1. The molecule has 12 heteroatoms. The normalized spacial score (nSPS) is 25.0. The number of hydrogen-bond donors (Lipinski definition) is 2. The number of likely N-dealkylation sites (N-methyl/N-ethyl adjacent to an activating group) is 1. The van der Waals surface area contributed by atoms with Gasteiger partial charge in [-0.1, -0.05) is 12.8 Å². The molecule has 216 valence electrons. The Labute approximate surface area is 237 Å². The highest BCUT2D eigenvalue weighted by Gasteiger charge is 2.67. The zero-order valence-corrected chi connectivity index (χ0v) is 23.7. The van der Waals surface area contributed by atoms with Gasteiger partial charge in [-0.2, -0.15) is 5.10 Å². The van der Waals surface area contributed by atoms with Gasteiger partial charge in [0.15, 0.2) is 5.78 Å². The van der Waals surface area contributed by atoms with E-state index in [0.717, 1.165) is 43.2 Å². The Morgan fingerprint density at radius 1 is 1.10 bits per heavy atom. The van der Waals surface area contributed by atoms with Crippen molar-refractivity contribution in [3.8, 4) is 11.5 Å². The molecule has 0 spiro atoms. The SMILES string of the molecule is CNC(=O)[C@@H]1C[C@]23CNC(=O)CCCCCCc4cc(-c5nnc(C)o5)cc5c(C(C)=O)nn(c45)CC(=O)N1[C@@H]2C3. The van der Waals surface area contributed by atoms with Gasteiger partial charge in [-0.05, 0) is 49.8 Å². The van der Waals surface area contributed by atoms with E-state index in [9.17, 15) is 19.2 Å². The number of ketones is 1. The summed E-state index contributed by atoms with van der Waals surface area (Å²) < 4.78 is 7.32. The molecule has 3 atom stereocenters. The van der Waals surface area contributed by atoms with E-state index >= 15 is 0 Å². The Kier molecular flexibility index (Phi) is 6.87. The number of benzene rings is 1. The zero-order valence-electron chi connectivity index (χ0n) is 23.7. The van der Waals surface area contributed by atoms with Crippen LogP contribution in [0.5, 0.6) is 0 Å². The van der Waals surface area contributed by atoms with Crippen LogP contribution in [-0.4, -0.2) is 74.1 Å². The lowest BCUT2D eigenvalue weighted by Gasteiger charge is -2.26. The van der Waals surface area contributed by atoms with Crippen molar-refractivity contribution in [1.29, 1.82) is 0 Å². The third kappa shape index (κ3) is 4.89.